The number of benzene rings is 2. The maximum atomic E-state index is 13.1. The van der Waals surface area contributed by atoms with Gasteiger partial charge in [-0.15, -0.1) is 0 Å². The first-order chi connectivity index (χ1) is 7.86. The summed E-state index contributed by atoms with van der Waals surface area (Å²) < 4.78 is 90.1. The van der Waals surface area contributed by atoms with Gasteiger partial charge in [0.2, 0.25) is 0 Å². The van der Waals surface area contributed by atoms with Crippen molar-refractivity contribution in [1.29, 1.82) is 0 Å². The molecule has 0 aliphatic heterocycles. The molecular weight excluding hydrogens is 313 g/mol. The smallest absolute Gasteiger partial charge is 1.00 e. The molecule has 0 bridgehead atoms. The third-order valence-corrected chi connectivity index (χ3v) is 2.11. The summed E-state index contributed by atoms with van der Waals surface area (Å²) in [5.41, 5.74) is 0. The first kappa shape index (κ1) is 18.3. The average molecular weight is 313 g/mol. The van der Waals surface area contributed by atoms with Gasteiger partial charge >= 0.3 is 23.1 Å². The van der Waals surface area contributed by atoms with E-state index < -0.39 is 51.5 Å². The van der Waals surface area contributed by atoms with Gasteiger partial charge in [-0.25, -0.2) is 22.0 Å². The zero-order valence-electron chi connectivity index (χ0n) is 8.73. The van der Waals surface area contributed by atoms with Gasteiger partial charge in [-0.2, -0.15) is 0 Å². The average Bonchev–Trinajstić information content (AvgIpc) is 2.30. The molecule has 0 aromatic heterocycles. The summed E-state index contributed by atoms with van der Waals surface area (Å²) in [4.78, 5) is 0. The Balaban J connectivity index is 0.00000162. The van der Waals surface area contributed by atoms with Gasteiger partial charge in [-0.3, -0.25) is 8.78 Å². The van der Waals surface area contributed by atoms with E-state index in [2.05, 4.69) is 0 Å². The zero-order chi connectivity index (χ0) is 12.9. The summed E-state index contributed by atoms with van der Waals surface area (Å²) in [5.74, 6) is -15.0. The molecule has 0 saturated heterocycles. The van der Waals surface area contributed by atoms with Crippen molar-refractivity contribution in [2.75, 3.05) is 0 Å². The second kappa shape index (κ2) is 6.14. The van der Waals surface area contributed by atoms with Crippen molar-refractivity contribution < 1.29 is 43.1 Å². The van der Waals surface area contributed by atoms with E-state index in [1.165, 1.54) is 6.07 Å². The van der Waals surface area contributed by atoms with Crippen LogP contribution in [0, 0.1) is 46.8 Å². The van der Waals surface area contributed by atoms with Crippen LogP contribution in [0.1, 0.15) is 0 Å². The molecule has 0 spiro atoms. The molecule has 0 aliphatic carbocycles. The Morgan fingerprint density at radius 3 is 1.53 bits per heavy atom. The van der Waals surface area contributed by atoms with Crippen molar-refractivity contribution >= 4 is 33.8 Å². The number of fused-ring (bicyclic) bond motifs is 1. The third kappa shape index (κ3) is 2.61. The molecule has 0 atom stereocenters. The van der Waals surface area contributed by atoms with Gasteiger partial charge in [0.1, 0.15) is 11.6 Å². The van der Waals surface area contributed by atoms with E-state index in [1.54, 1.807) is 0 Å². The predicted molar refractivity (Wildman–Crippen MR) is 48.2 cm³/mol. The molecule has 0 radical (unpaired) electrons. The quantitative estimate of drug-likeness (QED) is 0.215. The van der Waals surface area contributed by atoms with Gasteiger partial charge in [0.25, 0.3) is 0 Å². The Labute approximate surface area is 124 Å². The van der Waals surface area contributed by atoms with Gasteiger partial charge in [0, 0.05) is 0 Å². The predicted octanol–water partition coefficient (Wildman–Crippen LogP) is 0.237. The molecular formula is C10ClF7Mg. The van der Waals surface area contributed by atoms with Crippen LogP contribution < -0.4 is 12.4 Å². The first-order valence-corrected chi connectivity index (χ1v) is 4.07. The molecule has 0 N–H and O–H groups in total. The van der Waals surface area contributed by atoms with Crippen LogP contribution in [0.25, 0.3) is 10.8 Å². The van der Waals surface area contributed by atoms with Gasteiger partial charge in [-0.1, -0.05) is 11.5 Å². The molecule has 9 heteroatoms. The molecule has 0 amide bonds. The van der Waals surface area contributed by atoms with Crippen molar-refractivity contribution in [1.82, 2.24) is 0 Å². The Bertz CT molecular complexity index is 636. The summed E-state index contributed by atoms with van der Waals surface area (Å²) in [6, 6.07) is 1.27. The van der Waals surface area contributed by atoms with Crippen LogP contribution in [0.2, 0.25) is 0 Å². The van der Waals surface area contributed by atoms with Crippen LogP contribution in [-0.2, 0) is 0 Å². The van der Waals surface area contributed by atoms with Crippen molar-refractivity contribution in [3.8, 4) is 0 Å². The topological polar surface area (TPSA) is 0 Å². The monoisotopic (exact) mass is 312 g/mol. The fourth-order valence-corrected chi connectivity index (χ4v) is 1.33. The second-order valence-electron chi connectivity index (χ2n) is 3.07. The fraction of sp³-hybridized carbons (Fsp3) is 0. The molecule has 2 rings (SSSR count). The normalized spacial score (nSPS) is 10.1. The van der Waals surface area contributed by atoms with E-state index in [0.29, 0.717) is 0 Å². The summed E-state index contributed by atoms with van der Waals surface area (Å²) >= 11 is 0. The Kier molecular flexibility index (Phi) is 5.91. The van der Waals surface area contributed by atoms with Crippen LogP contribution in [-0.4, -0.2) is 23.1 Å². The minimum atomic E-state index is -2.31. The van der Waals surface area contributed by atoms with Crippen LogP contribution in [0.4, 0.5) is 30.7 Å². The van der Waals surface area contributed by atoms with E-state index >= 15 is 0 Å². The Morgan fingerprint density at radius 2 is 1.00 bits per heavy atom. The maximum absolute atomic E-state index is 13.1. The molecule has 2 aromatic carbocycles. The van der Waals surface area contributed by atoms with Crippen LogP contribution in [0.15, 0.2) is 0 Å². The molecule has 0 aliphatic rings. The third-order valence-electron chi connectivity index (χ3n) is 2.11. The SMILES string of the molecule is Fc1[c-]c2c(F)c(F)c(F)c(F)c2c(F)c1F.[Cl-].[Mg+2]. The largest absolute Gasteiger partial charge is 2.00 e. The van der Waals surface area contributed by atoms with Gasteiger partial charge in [-0.05, 0) is 5.39 Å². The Hall–Kier alpha value is -0.734. The molecule has 0 nitrogen and oxygen atoms in total. The van der Waals surface area contributed by atoms with E-state index in [0.717, 1.165) is 0 Å². The summed E-state index contributed by atoms with van der Waals surface area (Å²) in [7, 11) is 0. The van der Waals surface area contributed by atoms with Crippen LogP contribution in [0.3, 0.4) is 0 Å². The number of rotatable bonds is 0. The molecule has 0 saturated carbocycles. The molecule has 0 unspecified atom stereocenters. The summed E-state index contributed by atoms with van der Waals surface area (Å²) in [5, 5.41) is -2.86. The van der Waals surface area contributed by atoms with Gasteiger partial charge in [0.15, 0.2) is 11.6 Å². The number of hydrogen-bond donors (Lipinski definition) is 0. The molecule has 0 fully saturated rings. The van der Waals surface area contributed by atoms with E-state index in [-0.39, 0.29) is 35.5 Å². The summed E-state index contributed by atoms with van der Waals surface area (Å²) in [6.07, 6.45) is 0. The van der Waals surface area contributed by atoms with Crippen LogP contribution >= 0.6 is 0 Å². The van der Waals surface area contributed by atoms with Crippen molar-refractivity contribution in [3.63, 3.8) is 0 Å². The maximum Gasteiger partial charge on any atom is 2.00 e. The van der Waals surface area contributed by atoms with Crippen LogP contribution in [0.5, 0.6) is 0 Å². The minimum Gasteiger partial charge on any atom is -1.00 e. The van der Waals surface area contributed by atoms with Gasteiger partial charge < -0.3 is 12.4 Å². The van der Waals surface area contributed by atoms with E-state index in [4.69, 9.17) is 0 Å². The second-order valence-corrected chi connectivity index (χ2v) is 3.07. The first-order valence-electron chi connectivity index (χ1n) is 4.07. The summed E-state index contributed by atoms with van der Waals surface area (Å²) in [6.45, 7) is 0. The van der Waals surface area contributed by atoms with E-state index in [1.807, 2.05) is 0 Å². The molecule has 98 valence electrons. The van der Waals surface area contributed by atoms with Crippen molar-refractivity contribution in [2.24, 2.45) is 0 Å². The fourth-order valence-electron chi connectivity index (χ4n) is 1.33. The molecule has 2 aromatic rings. The molecule has 0 heterocycles. The minimum absolute atomic E-state index is 0. The van der Waals surface area contributed by atoms with Crippen molar-refractivity contribution in [2.45, 2.75) is 0 Å². The van der Waals surface area contributed by atoms with Crippen molar-refractivity contribution in [3.05, 3.63) is 46.8 Å². The van der Waals surface area contributed by atoms with Gasteiger partial charge in [0.05, 0.1) is 17.5 Å². The standard InChI is InChI=1S/C10F7.ClH.Mg/c11-3-1-2-4(7(14)6(3)13)8(15)10(17)9(16)5(2)12;;/h;1H;/q-1;;+2/p-1. The Morgan fingerprint density at radius 1 is 0.579 bits per heavy atom. The number of halogens is 8. The zero-order valence-corrected chi connectivity index (χ0v) is 10.9. The number of hydrogen-bond acceptors (Lipinski definition) is 0. The molecule has 19 heavy (non-hydrogen) atoms. The van der Waals surface area contributed by atoms with E-state index in [9.17, 15) is 30.7 Å².